The lowest BCUT2D eigenvalue weighted by atomic mass is 9.85. The average Bonchev–Trinajstić information content (AvgIpc) is 2.89. The van der Waals surface area contributed by atoms with Crippen LogP contribution in [0, 0.1) is 0 Å². The quantitative estimate of drug-likeness (QED) is 0.873. The maximum Gasteiger partial charge on any atom is 0.435 e. The molecule has 0 radical (unpaired) electrons. The molecule has 0 saturated heterocycles. The lowest BCUT2D eigenvalue weighted by molar-refractivity contribution is -0.141. The summed E-state index contributed by atoms with van der Waals surface area (Å²) < 4.78 is 39.1. The molecule has 1 aromatic carbocycles. The second kappa shape index (κ2) is 4.63. The molecule has 0 saturated carbocycles. The number of rotatable bonds is 1. The molecule has 3 nitrogen and oxygen atoms in total. The molecule has 2 aromatic rings. The Hall–Kier alpha value is -1.82. The minimum Gasteiger partial charge on any atom is -0.322 e. The van der Waals surface area contributed by atoms with Gasteiger partial charge in [-0.2, -0.15) is 18.3 Å². The van der Waals surface area contributed by atoms with Crippen LogP contribution in [0.1, 0.15) is 35.3 Å². The van der Waals surface area contributed by atoms with Crippen molar-refractivity contribution < 1.29 is 13.2 Å². The van der Waals surface area contributed by atoms with Gasteiger partial charge in [-0.05, 0) is 30.0 Å². The standard InChI is InChI=1S/C14H14F3N3/c15-14(16,17)12-7-8-20(19-12)11-6-5-9-3-1-2-4-10(9)13(11)18/h1-4,7-8,11,13H,5-6,18H2. The first kappa shape index (κ1) is 13.2. The zero-order chi connectivity index (χ0) is 14.3. The summed E-state index contributed by atoms with van der Waals surface area (Å²) in [6.45, 7) is 0. The molecule has 0 aliphatic heterocycles. The van der Waals surface area contributed by atoms with Crippen LogP contribution in [0.25, 0.3) is 0 Å². The average molecular weight is 281 g/mol. The van der Waals surface area contributed by atoms with E-state index in [1.54, 1.807) is 0 Å². The van der Waals surface area contributed by atoms with Crippen LogP contribution in [0.5, 0.6) is 0 Å². The number of benzene rings is 1. The Bertz CT molecular complexity index is 618. The second-order valence-electron chi connectivity index (χ2n) is 5.01. The van der Waals surface area contributed by atoms with Crippen LogP contribution in [0.4, 0.5) is 13.2 Å². The largest absolute Gasteiger partial charge is 0.435 e. The predicted molar refractivity (Wildman–Crippen MR) is 68.0 cm³/mol. The Morgan fingerprint density at radius 3 is 2.65 bits per heavy atom. The maximum atomic E-state index is 12.6. The molecule has 0 spiro atoms. The third-order valence-corrected chi connectivity index (χ3v) is 3.78. The van der Waals surface area contributed by atoms with Crippen molar-refractivity contribution in [3.05, 3.63) is 53.3 Å². The van der Waals surface area contributed by atoms with E-state index in [0.717, 1.165) is 18.1 Å². The van der Waals surface area contributed by atoms with E-state index in [1.165, 1.54) is 16.4 Å². The van der Waals surface area contributed by atoms with Gasteiger partial charge in [-0.15, -0.1) is 0 Å². The molecule has 20 heavy (non-hydrogen) atoms. The monoisotopic (exact) mass is 281 g/mol. The molecule has 2 N–H and O–H groups in total. The number of aryl methyl sites for hydroxylation is 1. The van der Waals surface area contributed by atoms with Gasteiger partial charge in [0.15, 0.2) is 5.69 Å². The Labute approximate surface area is 114 Å². The van der Waals surface area contributed by atoms with Gasteiger partial charge in [0, 0.05) is 6.20 Å². The first-order chi connectivity index (χ1) is 9.47. The minimum atomic E-state index is -4.41. The van der Waals surface area contributed by atoms with Crippen LogP contribution in [0.2, 0.25) is 0 Å². The summed E-state index contributed by atoms with van der Waals surface area (Å²) in [5.41, 5.74) is 7.49. The van der Waals surface area contributed by atoms with Gasteiger partial charge in [0.05, 0.1) is 12.1 Å². The zero-order valence-electron chi connectivity index (χ0n) is 10.6. The Morgan fingerprint density at radius 1 is 1.20 bits per heavy atom. The fourth-order valence-corrected chi connectivity index (χ4v) is 2.75. The van der Waals surface area contributed by atoms with E-state index in [1.807, 2.05) is 24.3 Å². The molecule has 0 amide bonds. The number of hydrogen-bond acceptors (Lipinski definition) is 2. The number of nitrogens with two attached hydrogens (primary N) is 1. The van der Waals surface area contributed by atoms with Gasteiger partial charge in [-0.1, -0.05) is 24.3 Å². The fourth-order valence-electron chi connectivity index (χ4n) is 2.75. The summed E-state index contributed by atoms with van der Waals surface area (Å²) >= 11 is 0. The number of halogens is 3. The van der Waals surface area contributed by atoms with Gasteiger partial charge < -0.3 is 5.73 Å². The highest BCUT2D eigenvalue weighted by atomic mass is 19.4. The van der Waals surface area contributed by atoms with Gasteiger partial charge in [0.25, 0.3) is 0 Å². The number of hydrogen-bond donors (Lipinski definition) is 1. The van der Waals surface area contributed by atoms with E-state index < -0.39 is 11.9 Å². The molecule has 1 heterocycles. The second-order valence-corrected chi connectivity index (χ2v) is 5.01. The molecule has 1 aliphatic carbocycles. The molecular weight excluding hydrogens is 267 g/mol. The lowest BCUT2D eigenvalue weighted by Gasteiger charge is -2.31. The summed E-state index contributed by atoms with van der Waals surface area (Å²) in [7, 11) is 0. The van der Waals surface area contributed by atoms with Gasteiger partial charge in [-0.3, -0.25) is 4.68 Å². The zero-order valence-corrected chi connectivity index (χ0v) is 10.6. The molecule has 6 heteroatoms. The van der Waals surface area contributed by atoms with Crippen LogP contribution in [0.15, 0.2) is 36.5 Å². The highest BCUT2D eigenvalue weighted by Gasteiger charge is 2.35. The summed E-state index contributed by atoms with van der Waals surface area (Å²) in [5, 5.41) is 3.64. The summed E-state index contributed by atoms with van der Waals surface area (Å²) in [4.78, 5) is 0. The van der Waals surface area contributed by atoms with E-state index in [-0.39, 0.29) is 12.1 Å². The smallest absolute Gasteiger partial charge is 0.322 e. The highest BCUT2D eigenvalue weighted by Crippen LogP contribution is 2.36. The third kappa shape index (κ3) is 2.20. The van der Waals surface area contributed by atoms with Crippen molar-refractivity contribution in [3.63, 3.8) is 0 Å². The molecule has 3 rings (SSSR count). The SMILES string of the molecule is NC1c2ccccc2CCC1n1ccc(C(F)(F)F)n1. The summed E-state index contributed by atoms with van der Waals surface area (Å²) in [6, 6.07) is 8.21. The van der Waals surface area contributed by atoms with Crippen LogP contribution >= 0.6 is 0 Å². The highest BCUT2D eigenvalue weighted by molar-refractivity contribution is 5.33. The van der Waals surface area contributed by atoms with Crippen molar-refractivity contribution in [1.29, 1.82) is 0 Å². The van der Waals surface area contributed by atoms with E-state index in [0.29, 0.717) is 6.42 Å². The summed E-state index contributed by atoms with van der Waals surface area (Å²) in [5.74, 6) is 0. The molecule has 2 atom stereocenters. The van der Waals surface area contributed by atoms with Crippen LogP contribution in [-0.2, 0) is 12.6 Å². The maximum absolute atomic E-state index is 12.6. The Kier molecular flexibility index (Phi) is 3.05. The normalized spacial score (nSPS) is 22.6. The van der Waals surface area contributed by atoms with Gasteiger partial charge in [0.1, 0.15) is 0 Å². The molecule has 0 fully saturated rings. The first-order valence-corrected chi connectivity index (χ1v) is 6.42. The molecule has 1 aromatic heterocycles. The Balaban J connectivity index is 1.91. The molecular formula is C14H14F3N3. The van der Waals surface area contributed by atoms with E-state index in [9.17, 15) is 13.2 Å². The molecule has 2 unspecified atom stereocenters. The fraction of sp³-hybridized carbons (Fsp3) is 0.357. The van der Waals surface area contributed by atoms with Crippen molar-refractivity contribution in [3.8, 4) is 0 Å². The van der Waals surface area contributed by atoms with Gasteiger partial charge >= 0.3 is 6.18 Å². The summed E-state index contributed by atoms with van der Waals surface area (Å²) in [6.07, 6.45) is -1.56. The lowest BCUT2D eigenvalue weighted by Crippen LogP contribution is -2.30. The Morgan fingerprint density at radius 2 is 1.95 bits per heavy atom. The topological polar surface area (TPSA) is 43.8 Å². The van der Waals surface area contributed by atoms with E-state index >= 15 is 0 Å². The molecule has 106 valence electrons. The van der Waals surface area contributed by atoms with Crippen molar-refractivity contribution in [2.24, 2.45) is 5.73 Å². The third-order valence-electron chi connectivity index (χ3n) is 3.78. The van der Waals surface area contributed by atoms with E-state index in [4.69, 9.17) is 5.73 Å². The minimum absolute atomic E-state index is 0.235. The van der Waals surface area contributed by atoms with Crippen molar-refractivity contribution >= 4 is 0 Å². The van der Waals surface area contributed by atoms with Crippen LogP contribution in [-0.4, -0.2) is 9.78 Å². The van der Waals surface area contributed by atoms with Crippen molar-refractivity contribution in [1.82, 2.24) is 9.78 Å². The predicted octanol–water partition coefficient (Wildman–Crippen LogP) is 3.09. The van der Waals surface area contributed by atoms with E-state index in [2.05, 4.69) is 5.10 Å². The van der Waals surface area contributed by atoms with Gasteiger partial charge in [0.2, 0.25) is 0 Å². The molecule has 1 aliphatic rings. The number of nitrogens with zero attached hydrogens (tertiary/aromatic N) is 2. The van der Waals surface area contributed by atoms with Crippen molar-refractivity contribution in [2.45, 2.75) is 31.1 Å². The van der Waals surface area contributed by atoms with Crippen molar-refractivity contribution in [2.75, 3.05) is 0 Å². The van der Waals surface area contributed by atoms with Crippen LogP contribution in [0.3, 0.4) is 0 Å². The van der Waals surface area contributed by atoms with Crippen LogP contribution < -0.4 is 5.73 Å². The number of fused-ring (bicyclic) bond motifs is 1. The van der Waals surface area contributed by atoms with Gasteiger partial charge in [-0.25, -0.2) is 0 Å². The first-order valence-electron chi connectivity index (χ1n) is 6.42. The number of aromatic nitrogens is 2. The molecule has 0 bridgehead atoms. The number of alkyl halides is 3.